The maximum Gasteiger partial charge on any atom is 0.207 e. The molecular formula is C17H16O2S. The fourth-order valence-corrected chi connectivity index (χ4v) is 2.72. The summed E-state index contributed by atoms with van der Waals surface area (Å²) in [5.74, 6) is 0. The molecule has 0 saturated carbocycles. The third kappa shape index (κ3) is 3.47. The van der Waals surface area contributed by atoms with Crippen LogP contribution in [0.2, 0.25) is 0 Å². The van der Waals surface area contributed by atoms with E-state index in [-0.39, 0.29) is 4.90 Å². The number of benzene rings is 2. The SMILES string of the molecule is CC(=C=CS(=O)(=O)c1ccc(C)cc1)c1ccccc1. The fraction of sp³-hybridized carbons (Fsp3) is 0.118. The van der Waals surface area contributed by atoms with Crippen molar-refractivity contribution >= 4 is 15.4 Å². The largest absolute Gasteiger partial charge is 0.218 e. The van der Waals surface area contributed by atoms with Crippen LogP contribution in [0.3, 0.4) is 0 Å². The van der Waals surface area contributed by atoms with E-state index in [1.165, 1.54) is 0 Å². The summed E-state index contributed by atoms with van der Waals surface area (Å²) in [7, 11) is -3.44. The predicted molar refractivity (Wildman–Crippen MR) is 82.0 cm³/mol. The summed E-state index contributed by atoms with van der Waals surface area (Å²) >= 11 is 0. The lowest BCUT2D eigenvalue weighted by Gasteiger charge is -1.99. The molecule has 0 aliphatic heterocycles. The van der Waals surface area contributed by atoms with Gasteiger partial charge in [-0.3, -0.25) is 0 Å². The summed E-state index contributed by atoms with van der Waals surface area (Å²) < 4.78 is 24.3. The highest BCUT2D eigenvalue weighted by atomic mass is 32.2. The molecule has 2 nitrogen and oxygen atoms in total. The molecule has 0 bridgehead atoms. The molecule has 20 heavy (non-hydrogen) atoms. The van der Waals surface area contributed by atoms with Crippen LogP contribution in [0.15, 0.2) is 70.6 Å². The molecule has 0 N–H and O–H groups in total. The van der Waals surface area contributed by atoms with Gasteiger partial charge >= 0.3 is 0 Å². The molecule has 102 valence electrons. The van der Waals surface area contributed by atoms with E-state index in [0.717, 1.165) is 22.1 Å². The first-order valence-electron chi connectivity index (χ1n) is 6.29. The Hall–Kier alpha value is -2.09. The molecular weight excluding hydrogens is 268 g/mol. The minimum atomic E-state index is -3.44. The van der Waals surface area contributed by atoms with Gasteiger partial charge in [-0.1, -0.05) is 48.0 Å². The average Bonchev–Trinajstić information content (AvgIpc) is 2.46. The van der Waals surface area contributed by atoms with Crippen molar-refractivity contribution in [3.8, 4) is 0 Å². The molecule has 0 atom stereocenters. The van der Waals surface area contributed by atoms with Crippen molar-refractivity contribution in [3.05, 3.63) is 76.9 Å². The molecule has 0 heterocycles. The third-order valence-corrected chi connectivity index (χ3v) is 4.34. The van der Waals surface area contributed by atoms with E-state index >= 15 is 0 Å². The number of hydrogen-bond acceptors (Lipinski definition) is 2. The summed E-state index contributed by atoms with van der Waals surface area (Å²) in [5.41, 5.74) is 5.64. The number of hydrogen-bond donors (Lipinski definition) is 0. The summed E-state index contributed by atoms with van der Waals surface area (Å²) in [5, 5.41) is 1.14. The summed E-state index contributed by atoms with van der Waals surface area (Å²) in [4.78, 5) is 0.288. The van der Waals surface area contributed by atoms with Gasteiger partial charge in [0.15, 0.2) is 0 Å². The molecule has 0 unspecified atom stereocenters. The normalized spacial score (nSPS) is 10.7. The Bertz CT molecular complexity index is 748. The van der Waals surface area contributed by atoms with Crippen LogP contribution < -0.4 is 0 Å². The van der Waals surface area contributed by atoms with Gasteiger partial charge in [0.05, 0.1) is 10.3 Å². The van der Waals surface area contributed by atoms with Crippen molar-refractivity contribution in [1.82, 2.24) is 0 Å². The second-order valence-electron chi connectivity index (χ2n) is 4.61. The molecule has 0 aromatic heterocycles. The molecule has 0 spiro atoms. The Morgan fingerprint density at radius 3 is 2.20 bits per heavy atom. The molecule has 0 radical (unpaired) electrons. The van der Waals surface area contributed by atoms with Gasteiger partial charge in [-0.15, -0.1) is 5.73 Å². The number of rotatable bonds is 3. The van der Waals surface area contributed by atoms with E-state index in [1.54, 1.807) is 24.3 Å². The molecule has 2 rings (SSSR count). The highest BCUT2D eigenvalue weighted by Crippen LogP contribution is 2.15. The number of allylic oxidation sites excluding steroid dienone is 1. The second kappa shape index (κ2) is 5.91. The zero-order valence-corrected chi connectivity index (χ0v) is 12.3. The molecule has 0 fully saturated rings. The molecule has 2 aromatic rings. The van der Waals surface area contributed by atoms with Gasteiger partial charge < -0.3 is 0 Å². The Morgan fingerprint density at radius 1 is 1.00 bits per heavy atom. The zero-order valence-electron chi connectivity index (χ0n) is 11.5. The van der Waals surface area contributed by atoms with Gasteiger partial charge in [0, 0.05) is 0 Å². The van der Waals surface area contributed by atoms with E-state index < -0.39 is 9.84 Å². The van der Waals surface area contributed by atoms with Crippen molar-refractivity contribution in [3.63, 3.8) is 0 Å². The Labute approximate surface area is 120 Å². The van der Waals surface area contributed by atoms with Crippen molar-refractivity contribution < 1.29 is 8.42 Å². The second-order valence-corrected chi connectivity index (χ2v) is 6.41. The molecule has 0 amide bonds. The van der Waals surface area contributed by atoms with E-state index in [4.69, 9.17) is 0 Å². The Morgan fingerprint density at radius 2 is 1.60 bits per heavy atom. The van der Waals surface area contributed by atoms with Crippen LogP contribution in [0.5, 0.6) is 0 Å². The first kappa shape index (κ1) is 14.3. The van der Waals surface area contributed by atoms with Crippen LogP contribution in [-0.2, 0) is 9.84 Å². The van der Waals surface area contributed by atoms with Crippen LogP contribution >= 0.6 is 0 Å². The lowest BCUT2D eigenvalue weighted by atomic mass is 10.1. The van der Waals surface area contributed by atoms with Gasteiger partial charge in [0.2, 0.25) is 9.84 Å². The zero-order chi connectivity index (χ0) is 14.6. The molecule has 0 saturated heterocycles. The van der Waals surface area contributed by atoms with Crippen LogP contribution in [0.1, 0.15) is 18.1 Å². The number of aryl methyl sites for hydroxylation is 1. The van der Waals surface area contributed by atoms with Gasteiger partial charge in [-0.2, -0.15) is 0 Å². The van der Waals surface area contributed by atoms with E-state index in [9.17, 15) is 8.42 Å². The van der Waals surface area contributed by atoms with E-state index in [1.807, 2.05) is 44.2 Å². The van der Waals surface area contributed by atoms with Crippen LogP contribution in [0.25, 0.3) is 5.57 Å². The Balaban J connectivity index is 2.37. The minimum Gasteiger partial charge on any atom is -0.218 e. The highest BCUT2D eigenvalue weighted by molar-refractivity contribution is 7.94. The van der Waals surface area contributed by atoms with Crippen molar-refractivity contribution in [1.29, 1.82) is 0 Å². The smallest absolute Gasteiger partial charge is 0.207 e. The third-order valence-electron chi connectivity index (χ3n) is 2.99. The first-order chi connectivity index (χ1) is 9.49. The lowest BCUT2D eigenvalue weighted by Crippen LogP contribution is -1.95. The maximum atomic E-state index is 12.1. The van der Waals surface area contributed by atoms with E-state index in [2.05, 4.69) is 5.73 Å². The van der Waals surface area contributed by atoms with Gasteiger partial charge in [-0.05, 0) is 37.1 Å². The standard InChI is InChI=1S/C17H16O2S/c1-14-8-10-17(11-9-14)20(18,19)13-12-15(2)16-6-4-3-5-7-16/h3-11,13H,1-2H3. The summed E-state index contributed by atoms with van der Waals surface area (Å²) in [6.45, 7) is 3.77. The molecule has 3 heteroatoms. The van der Waals surface area contributed by atoms with Gasteiger partial charge in [0.1, 0.15) is 0 Å². The van der Waals surface area contributed by atoms with Gasteiger partial charge in [0.25, 0.3) is 0 Å². The average molecular weight is 284 g/mol. The minimum absolute atomic E-state index is 0.288. The van der Waals surface area contributed by atoms with Gasteiger partial charge in [-0.25, -0.2) is 8.42 Å². The van der Waals surface area contributed by atoms with E-state index in [0.29, 0.717) is 0 Å². The van der Waals surface area contributed by atoms with Crippen LogP contribution in [0, 0.1) is 6.92 Å². The first-order valence-corrected chi connectivity index (χ1v) is 7.84. The molecule has 0 aliphatic carbocycles. The summed E-state index contributed by atoms with van der Waals surface area (Å²) in [6.07, 6.45) is 0. The van der Waals surface area contributed by atoms with Crippen LogP contribution in [-0.4, -0.2) is 8.42 Å². The van der Waals surface area contributed by atoms with Crippen LogP contribution in [0.4, 0.5) is 0 Å². The maximum absolute atomic E-state index is 12.1. The molecule has 2 aromatic carbocycles. The summed E-state index contributed by atoms with van der Waals surface area (Å²) in [6, 6.07) is 16.4. The fourth-order valence-electron chi connectivity index (χ4n) is 1.73. The Kier molecular flexibility index (Phi) is 4.23. The molecule has 0 aliphatic rings. The van der Waals surface area contributed by atoms with Crippen molar-refractivity contribution in [2.45, 2.75) is 18.7 Å². The van der Waals surface area contributed by atoms with Crippen molar-refractivity contribution in [2.75, 3.05) is 0 Å². The predicted octanol–water partition coefficient (Wildman–Crippen LogP) is 3.98. The topological polar surface area (TPSA) is 34.1 Å². The lowest BCUT2D eigenvalue weighted by molar-refractivity contribution is 0.604. The van der Waals surface area contributed by atoms with Crippen molar-refractivity contribution in [2.24, 2.45) is 0 Å². The quantitative estimate of drug-likeness (QED) is 0.799. The highest BCUT2D eigenvalue weighted by Gasteiger charge is 2.09. The number of sulfone groups is 1. The monoisotopic (exact) mass is 284 g/mol.